The van der Waals surface area contributed by atoms with Crippen molar-refractivity contribution in [2.24, 2.45) is 7.05 Å². The van der Waals surface area contributed by atoms with Crippen molar-refractivity contribution in [3.8, 4) is 23.3 Å². The highest BCUT2D eigenvalue weighted by atomic mass is 16.3. The van der Waals surface area contributed by atoms with Gasteiger partial charge in [-0.15, -0.1) is 0 Å². The zero-order chi connectivity index (χ0) is 24.0. The molecular formula is C26H21N5O3. The second-order valence-electron chi connectivity index (χ2n) is 7.95. The molecule has 0 bridgehead atoms. The number of likely N-dealkylation sites (N-methyl/N-ethyl adjacent to an activating group) is 1. The van der Waals surface area contributed by atoms with Gasteiger partial charge in [-0.3, -0.25) is 19.1 Å². The molecule has 0 atom stereocenters. The van der Waals surface area contributed by atoms with E-state index < -0.39 is 11.8 Å². The number of hydrogen-bond donors (Lipinski definition) is 0. The SMILES string of the molecule is CCN1C(=O)C(C#N)=C(C)/C(=C/c2cc3c(nc(-c4ccco4)n3C)n2-c2ccccc2)C1=O. The van der Waals surface area contributed by atoms with Gasteiger partial charge in [0.1, 0.15) is 11.6 Å². The first kappa shape index (κ1) is 21.2. The number of rotatable bonds is 4. The van der Waals surface area contributed by atoms with E-state index in [4.69, 9.17) is 9.40 Å². The molecule has 4 heterocycles. The van der Waals surface area contributed by atoms with E-state index in [9.17, 15) is 14.9 Å². The van der Waals surface area contributed by atoms with Gasteiger partial charge in [-0.1, -0.05) is 18.2 Å². The molecule has 0 N–H and O–H groups in total. The van der Waals surface area contributed by atoms with Crippen molar-refractivity contribution in [3.63, 3.8) is 0 Å². The fourth-order valence-corrected chi connectivity index (χ4v) is 4.30. The van der Waals surface area contributed by atoms with Crippen LogP contribution in [0.15, 0.2) is 75.9 Å². The lowest BCUT2D eigenvalue weighted by Gasteiger charge is -2.26. The van der Waals surface area contributed by atoms with Crippen LogP contribution in [0.25, 0.3) is 34.5 Å². The summed E-state index contributed by atoms with van der Waals surface area (Å²) in [6.07, 6.45) is 3.33. The Morgan fingerprint density at radius 2 is 1.88 bits per heavy atom. The summed E-state index contributed by atoms with van der Waals surface area (Å²) in [5.74, 6) is 0.351. The number of benzene rings is 1. The Labute approximate surface area is 195 Å². The Hall–Kier alpha value is -4.64. The van der Waals surface area contributed by atoms with Crippen LogP contribution in [0.4, 0.5) is 0 Å². The topological polar surface area (TPSA) is 97.1 Å². The maximum Gasteiger partial charge on any atom is 0.271 e. The number of nitriles is 1. The Morgan fingerprint density at radius 1 is 1.12 bits per heavy atom. The van der Waals surface area contributed by atoms with Crippen LogP contribution in [0, 0.1) is 11.3 Å². The number of nitrogens with zero attached hydrogens (tertiary/aromatic N) is 5. The lowest BCUT2D eigenvalue weighted by Crippen LogP contribution is -2.42. The predicted octanol–water partition coefficient (Wildman–Crippen LogP) is 4.24. The van der Waals surface area contributed by atoms with Crippen LogP contribution in [0.1, 0.15) is 19.5 Å². The van der Waals surface area contributed by atoms with E-state index in [2.05, 4.69) is 0 Å². The molecule has 0 aliphatic carbocycles. The molecule has 5 rings (SSSR count). The number of furan rings is 1. The minimum atomic E-state index is -0.557. The van der Waals surface area contributed by atoms with Gasteiger partial charge in [0.25, 0.3) is 11.8 Å². The van der Waals surface area contributed by atoms with E-state index in [-0.39, 0.29) is 12.1 Å². The molecule has 4 aromatic rings. The summed E-state index contributed by atoms with van der Waals surface area (Å²) in [6.45, 7) is 3.53. The number of amides is 2. The largest absolute Gasteiger partial charge is 0.461 e. The van der Waals surface area contributed by atoms with E-state index in [1.54, 1.807) is 26.2 Å². The first-order valence-electron chi connectivity index (χ1n) is 10.8. The third-order valence-corrected chi connectivity index (χ3v) is 6.06. The van der Waals surface area contributed by atoms with Crippen molar-refractivity contribution in [3.05, 3.63) is 77.2 Å². The minimum absolute atomic E-state index is 0.0201. The minimum Gasteiger partial charge on any atom is -0.461 e. The quantitative estimate of drug-likeness (QED) is 0.342. The summed E-state index contributed by atoms with van der Waals surface area (Å²) in [4.78, 5) is 31.7. The molecule has 34 heavy (non-hydrogen) atoms. The van der Waals surface area contributed by atoms with Gasteiger partial charge in [0, 0.05) is 24.9 Å². The number of fused-ring (bicyclic) bond motifs is 1. The summed E-state index contributed by atoms with van der Waals surface area (Å²) in [5.41, 5.74) is 3.77. The Balaban J connectivity index is 1.78. The third kappa shape index (κ3) is 3.10. The molecule has 0 radical (unpaired) electrons. The van der Waals surface area contributed by atoms with E-state index >= 15 is 0 Å². The highest BCUT2D eigenvalue weighted by molar-refractivity contribution is 6.19. The number of carbonyl (C=O) groups excluding carboxylic acids is 2. The van der Waals surface area contributed by atoms with Crippen LogP contribution >= 0.6 is 0 Å². The molecule has 0 saturated heterocycles. The molecular weight excluding hydrogens is 430 g/mol. The Morgan fingerprint density at radius 3 is 2.53 bits per heavy atom. The maximum atomic E-state index is 13.2. The molecule has 0 spiro atoms. The summed E-state index contributed by atoms with van der Waals surface area (Å²) >= 11 is 0. The van der Waals surface area contributed by atoms with Gasteiger partial charge < -0.3 is 8.98 Å². The lowest BCUT2D eigenvalue weighted by molar-refractivity contribution is -0.140. The van der Waals surface area contributed by atoms with Gasteiger partial charge in [0.05, 0.1) is 17.5 Å². The van der Waals surface area contributed by atoms with Crippen molar-refractivity contribution in [2.75, 3.05) is 6.54 Å². The lowest BCUT2D eigenvalue weighted by atomic mass is 9.94. The monoisotopic (exact) mass is 451 g/mol. The fourth-order valence-electron chi connectivity index (χ4n) is 4.30. The molecule has 1 aliphatic heterocycles. The van der Waals surface area contributed by atoms with Crippen LogP contribution in [0.5, 0.6) is 0 Å². The van der Waals surface area contributed by atoms with Gasteiger partial charge in [0.15, 0.2) is 17.2 Å². The highest BCUT2D eigenvalue weighted by Gasteiger charge is 2.34. The first-order valence-corrected chi connectivity index (χ1v) is 10.8. The summed E-state index contributed by atoms with van der Waals surface area (Å²) < 4.78 is 9.45. The zero-order valence-electron chi connectivity index (χ0n) is 18.9. The third-order valence-electron chi connectivity index (χ3n) is 6.06. The standard InChI is InChI=1S/C26H21N5O3/c1-4-30-25(32)19(16(2)20(15-27)26(30)33)13-18-14-21-23(31(18)17-9-6-5-7-10-17)28-24(29(21)3)22-11-8-12-34-22/h5-14H,4H2,1-3H3/b19-13-. The smallest absolute Gasteiger partial charge is 0.271 e. The number of carbonyl (C=O) groups is 2. The van der Waals surface area contributed by atoms with Crippen LogP contribution in [-0.4, -0.2) is 37.4 Å². The van der Waals surface area contributed by atoms with Crippen molar-refractivity contribution in [1.82, 2.24) is 19.0 Å². The molecule has 2 amide bonds. The summed E-state index contributed by atoms with van der Waals surface area (Å²) in [5, 5.41) is 9.57. The molecule has 168 valence electrons. The number of imide groups is 1. The molecule has 0 saturated carbocycles. The maximum absolute atomic E-state index is 13.2. The van der Waals surface area contributed by atoms with Crippen molar-refractivity contribution in [2.45, 2.75) is 13.8 Å². The number of aryl methyl sites for hydroxylation is 1. The van der Waals surface area contributed by atoms with E-state index in [0.717, 1.165) is 16.1 Å². The van der Waals surface area contributed by atoms with Crippen molar-refractivity contribution < 1.29 is 14.0 Å². The van der Waals surface area contributed by atoms with Crippen LogP contribution in [0.2, 0.25) is 0 Å². The van der Waals surface area contributed by atoms with Crippen molar-refractivity contribution in [1.29, 1.82) is 5.26 Å². The second-order valence-corrected chi connectivity index (χ2v) is 7.95. The van der Waals surface area contributed by atoms with Gasteiger partial charge in [-0.05, 0) is 55.8 Å². The predicted molar refractivity (Wildman–Crippen MR) is 126 cm³/mol. The van der Waals surface area contributed by atoms with Crippen molar-refractivity contribution >= 4 is 29.1 Å². The number of imidazole rings is 1. The molecule has 1 aromatic carbocycles. The first-order chi connectivity index (χ1) is 16.5. The van der Waals surface area contributed by atoms with Gasteiger partial charge in [-0.2, -0.15) is 5.26 Å². The zero-order valence-corrected chi connectivity index (χ0v) is 18.9. The van der Waals surface area contributed by atoms with Crippen LogP contribution in [-0.2, 0) is 16.6 Å². The molecule has 0 fully saturated rings. The van der Waals surface area contributed by atoms with E-state index in [1.165, 1.54) is 0 Å². The molecule has 8 heteroatoms. The highest BCUT2D eigenvalue weighted by Crippen LogP contribution is 2.32. The van der Waals surface area contributed by atoms with Gasteiger partial charge >= 0.3 is 0 Å². The number of hydrogen-bond acceptors (Lipinski definition) is 5. The number of aromatic nitrogens is 3. The molecule has 0 unspecified atom stereocenters. The van der Waals surface area contributed by atoms with Crippen LogP contribution in [0.3, 0.4) is 0 Å². The van der Waals surface area contributed by atoms with Gasteiger partial charge in [0.2, 0.25) is 0 Å². The average Bonchev–Trinajstić information content (AvgIpc) is 3.55. The number of para-hydroxylation sites is 1. The normalized spacial score (nSPS) is 15.6. The average molecular weight is 451 g/mol. The molecule has 3 aromatic heterocycles. The van der Waals surface area contributed by atoms with Gasteiger partial charge in [-0.25, -0.2) is 4.98 Å². The van der Waals surface area contributed by atoms with E-state index in [1.807, 2.05) is 70.8 Å². The summed E-state index contributed by atoms with van der Waals surface area (Å²) in [6, 6.07) is 17.3. The Bertz CT molecular complexity index is 1540. The molecule has 1 aliphatic rings. The molecule has 8 nitrogen and oxygen atoms in total. The Kier molecular flexibility index (Phi) is 5.02. The van der Waals surface area contributed by atoms with Crippen LogP contribution < -0.4 is 0 Å². The second kappa shape index (κ2) is 8.05. The summed E-state index contributed by atoms with van der Waals surface area (Å²) in [7, 11) is 1.90. The fraction of sp³-hybridized carbons (Fsp3) is 0.154. The van der Waals surface area contributed by atoms with E-state index in [0.29, 0.717) is 34.1 Å².